The average Bonchev–Trinajstić information content (AvgIpc) is 2.60. The van der Waals surface area contributed by atoms with E-state index in [1.165, 1.54) is 63.4 Å². The van der Waals surface area contributed by atoms with Crippen molar-refractivity contribution >= 4 is 10.9 Å². The van der Waals surface area contributed by atoms with Crippen LogP contribution >= 0.6 is 0 Å². The molecule has 0 fully saturated rings. The Kier molecular flexibility index (Phi) is 8.61. The van der Waals surface area contributed by atoms with E-state index in [0.717, 1.165) is 23.7 Å². The van der Waals surface area contributed by atoms with Crippen LogP contribution in [0, 0.1) is 0 Å². The summed E-state index contributed by atoms with van der Waals surface area (Å²) in [5, 5.41) is 19.7. The zero-order chi connectivity index (χ0) is 17.0. The highest BCUT2D eigenvalue weighted by atomic mass is 16.3. The molecule has 1 aromatic carbocycles. The van der Waals surface area contributed by atoms with Crippen molar-refractivity contribution in [2.75, 3.05) is 6.61 Å². The number of phenols is 1. The Balaban J connectivity index is 1.59. The summed E-state index contributed by atoms with van der Waals surface area (Å²) in [5.41, 5.74) is 2.01. The van der Waals surface area contributed by atoms with Crippen LogP contribution in [0.25, 0.3) is 10.9 Å². The number of aromatic hydroxyl groups is 1. The minimum Gasteiger partial charge on any atom is -0.506 e. The highest BCUT2D eigenvalue weighted by molar-refractivity contribution is 5.86. The Morgan fingerprint density at radius 2 is 1.38 bits per heavy atom. The lowest BCUT2D eigenvalue weighted by molar-refractivity contribution is 0.282. The van der Waals surface area contributed by atoms with Gasteiger partial charge in [-0.3, -0.25) is 4.98 Å². The van der Waals surface area contributed by atoms with Gasteiger partial charge in [0.25, 0.3) is 0 Å². The van der Waals surface area contributed by atoms with Crippen molar-refractivity contribution in [2.45, 2.75) is 70.6 Å². The van der Waals surface area contributed by atoms with Gasteiger partial charge in [0, 0.05) is 18.2 Å². The van der Waals surface area contributed by atoms with Gasteiger partial charge >= 0.3 is 0 Å². The molecule has 0 radical (unpaired) electrons. The van der Waals surface area contributed by atoms with Gasteiger partial charge in [0.15, 0.2) is 0 Å². The molecule has 0 saturated carbocycles. The molecule has 0 unspecified atom stereocenters. The number of unbranched alkanes of at least 4 members (excludes halogenated alkanes) is 9. The van der Waals surface area contributed by atoms with Crippen molar-refractivity contribution < 1.29 is 10.2 Å². The monoisotopic (exact) mass is 329 g/mol. The molecule has 0 aliphatic rings. The van der Waals surface area contributed by atoms with E-state index < -0.39 is 0 Å². The van der Waals surface area contributed by atoms with Gasteiger partial charge in [-0.05, 0) is 37.0 Å². The van der Waals surface area contributed by atoms with E-state index in [2.05, 4.69) is 11.1 Å². The zero-order valence-electron chi connectivity index (χ0n) is 14.7. The van der Waals surface area contributed by atoms with Crippen molar-refractivity contribution in [2.24, 2.45) is 0 Å². The van der Waals surface area contributed by atoms with E-state index in [1.807, 2.05) is 12.1 Å². The molecule has 132 valence electrons. The molecule has 0 aliphatic heterocycles. The van der Waals surface area contributed by atoms with Crippen molar-refractivity contribution in [3.05, 3.63) is 36.0 Å². The number of nitrogens with zero attached hydrogens (tertiary/aromatic N) is 1. The van der Waals surface area contributed by atoms with Gasteiger partial charge in [-0.2, -0.15) is 0 Å². The summed E-state index contributed by atoms with van der Waals surface area (Å²) < 4.78 is 0. The lowest BCUT2D eigenvalue weighted by atomic mass is 10.0. The summed E-state index contributed by atoms with van der Waals surface area (Å²) in [4.78, 5) is 4.28. The number of hydrogen-bond donors (Lipinski definition) is 2. The Bertz CT molecular complexity index is 597. The highest BCUT2D eigenvalue weighted by Crippen LogP contribution is 2.25. The number of aryl methyl sites for hydroxylation is 1. The van der Waals surface area contributed by atoms with Gasteiger partial charge in [-0.1, -0.05) is 63.5 Å². The quantitative estimate of drug-likeness (QED) is 0.514. The van der Waals surface area contributed by atoms with E-state index in [0.29, 0.717) is 6.61 Å². The molecule has 3 nitrogen and oxygen atoms in total. The van der Waals surface area contributed by atoms with Crippen LogP contribution in [-0.4, -0.2) is 21.8 Å². The van der Waals surface area contributed by atoms with Crippen molar-refractivity contribution in [1.82, 2.24) is 4.98 Å². The number of phenolic OH excluding ortho intramolecular Hbond substituents is 1. The number of aliphatic hydroxyl groups is 1. The molecule has 0 saturated heterocycles. The molecule has 1 heterocycles. The zero-order valence-corrected chi connectivity index (χ0v) is 14.7. The molecule has 0 bridgehead atoms. The summed E-state index contributed by atoms with van der Waals surface area (Å²) >= 11 is 0. The molecule has 2 N–H and O–H groups in total. The molecule has 24 heavy (non-hydrogen) atoms. The predicted molar refractivity (Wildman–Crippen MR) is 100 cm³/mol. The maximum atomic E-state index is 9.88. The minimum atomic E-state index is 0.272. The van der Waals surface area contributed by atoms with E-state index in [9.17, 15) is 5.11 Å². The topological polar surface area (TPSA) is 53.4 Å². The van der Waals surface area contributed by atoms with Crippen LogP contribution in [0.3, 0.4) is 0 Å². The fraction of sp³-hybridized carbons (Fsp3) is 0.571. The Morgan fingerprint density at radius 3 is 2.04 bits per heavy atom. The molecule has 2 rings (SSSR count). The molecular weight excluding hydrogens is 298 g/mol. The second-order valence-corrected chi connectivity index (χ2v) is 6.65. The van der Waals surface area contributed by atoms with Crippen LogP contribution in [0.15, 0.2) is 30.5 Å². The number of aliphatic hydroxyl groups excluding tert-OH is 1. The number of pyridine rings is 1. The number of hydrogen-bond acceptors (Lipinski definition) is 3. The minimum absolute atomic E-state index is 0.272. The highest BCUT2D eigenvalue weighted by Gasteiger charge is 2.05. The van der Waals surface area contributed by atoms with Gasteiger partial charge in [-0.15, -0.1) is 0 Å². The second-order valence-electron chi connectivity index (χ2n) is 6.65. The first kappa shape index (κ1) is 18.7. The molecule has 1 aromatic heterocycles. The fourth-order valence-electron chi connectivity index (χ4n) is 3.28. The number of para-hydroxylation sites is 1. The largest absolute Gasteiger partial charge is 0.506 e. The van der Waals surface area contributed by atoms with Crippen LogP contribution in [0.2, 0.25) is 0 Å². The normalized spacial score (nSPS) is 11.2. The molecule has 0 spiro atoms. The van der Waals surface area contributed by atoms with Crippen molar-refractivity contribution in [3.63, 3.8) is 0 Å². The Morgan fingerprint density at radius 1 is 0.750 bits per heavy atom. The first-order chi connectivity index (χ1) is 11.8. The second kappa shape index (κ2) is 11.0. The lowest BCUT2D eigenvalue weighted by Gasteiger charge is -2.07. The Hall–Kier alpha value is -1.61. The number of rotatable bonds is 12. The maximum absolute atomic E-state index is 9.88. The first-order valence-corrected chi connectivity index (χ1v) is 9.49. The average molecular weight is 329 g/mol. The molecule has 0 amide bonds. The molecule has 3 heteroatoms. The van der Waals surface area contributed by atoms with Crippen LogP contribution in [-0.2, 0) is 6.42 Å². The first-order valence-electron chi connectivity index (χ1n) is 9.49. The summed E-state index contributed by atoms with van der Waals surface area (Å²) in [7, 11) is 0. The van der Waals surface area contributed by atoms with E-state index in [4.69, 9.17) is 5.11 Å². The summed E-state index contributed by atoms with van der Waals surface area (Å²) in [6.45, 7) is 0.340. The maximum Gasteiger partial charge on any atom is 0.141 e. The number of fused-ring (bicyclic) bond motifs is 1. The van der Waals surface area contributed by atoms with Crippen molar-refractivity contribution in [3.8, 4) is 5.75 Å². The van der Waals surface area contributed by atoms with Crippen LogP contribution in [0.4, 0.5) is 0 Å². The molecule has 0 aliphatic carbocycles. The standard InChI is InChI=1S/C21H31NO2/c23-17-10-8-6-4-2-1-3-5-7-9-12-18-15-16-22-21-19(18)13-11-14-20(21)24/h11,13-16,23-24H,1-10,12,17H2. The molecule has 0 atom stereocenters. The van der Waals surface area contributed by atoms with Gasteiger partial charge in [0.2, 0.25) is 0 Å². The Labute approximate surface area is 145 Å². The van der Waals surface area contributed by atoms with Gasteiger partial charge < -0.3 is 10.2 Å². The third kappa shape index (κ3) is 6.12. The SMILES string of the molecule is OCCCCCCCCCCCCc1ccnc2c(O)cccc12. The van der Waals surface area contributed by atoms with E-state index in [1.54, 1.807) is 12.3 Å². The summed E-state index contributed by atoms with van der Waals surface area (Å²) in [6.07, 6.45) is 15.4. The van der Waals surface area contributed by atoms with Gasteiger partial charge in [0.1, 0.15) is 11.3 Å². The van der Waals surface area contributed by atoms with E-state index in [-0.39, 0.29) is 5.75 Å². The predicted octanol–water partition coefficient (Wildman–Crippen LogP) is 5.38. The lowest BCUT2D eigenvalue weighted by Crippen LogP contribution is -1.90. The smallest absolute Gasteiger partial charge is 0.141 e. The van der Waals surface area contributed by atoms with Crippen LogP contribution in [0.5, 0.6) is 5.75 Å². The van der Waals surface area contributed by atoms with Crippen LogP contribution in [0.1, 0.15) is 69.8 Å². The number of benzene rings is 1. The van der Waals surface area contributed by atoms with Crippen molar-refractivity contribution in [1.29, 1.82) is 0 Å². The molecular formula is C21H31NO2. The number of aromatic nitrogens is 1. The summed E-state index contributed by atoms with van der Waals surface area (Å²) in [5.74, 6) is 0.272. The fourth-order valence-corrected chi connectivity index (χ4v) is 3.28. The van der Waals surface area contributed by atoms with Gasteiger partial charge in [-0.25, -0.2) is 0 Å². The van der Waals surface area contributed by atoms with E-state index >= 15 is 0 Å². The third-order valence-electron chi connectivity index (χ3n) is 4.69. The molecule has 2 aromatic rings. The van der Waals surface area contributed by atoms with Crippen LogP contribution < -0.4 is 0 Å². The summed E-state index contributed by atoms with van der Waals surface area (Å²) in [6, 6.07) is 7.72. The van der Waals surface area contributed by atoms with Gasteiger partial charge in [0.05, 0.1) is 0 Å². The third-order valence-corrected chi connectivity index (χ3v) is 4.69.